The molecule has 2 heterocycles. The van der Waals surface area contributed by atoms with Gasteiger partial charge in [0, 0.05) is 11.6 Å². The zero-order valence-electron chi connectivity index (χ0n) is 11.6. The van der Waals surface area contributed by atoms with Gasteiger partial charge in [-0.15, -0.1) is 0 Å². The van der Waals surface area contributed by atoms with Gasteiger partial charge in [0.2, 0.25) is 5.82 Å². The molecule has 1 saturated heterocycles. The predicted molar refractivity (Wildman–Crippen MR) is 77.3 cm³/mol. The third kappa shape index (κ3) is 2.74. The molecule has 1 fully saturated rings. The van der Waals surface area contributed by atoms with Gasteiger partial charge in [-0.25, -0.2) is 0 Å². The fourth-order valence-corrected chi connectivity index (χ4v) is 2.61. The summed E-state index contributed by atoms with van der Waals surface area (Å²) in [6.07, 6.45) is 1.46. The van der Waals surface area contributed by atoms with Crippen LogP contribution in [0.4, 0.5) is 0 Å². The van der Waals surface area contributed by atoms with Crippen molar-refractivity contribution in [3.8, 4) is 17.1 Å². The number of methoxy groups -OCH3 is 1. The van der Waals surface area contributed by atoms with E-state index in [4.69, 9.17) is 20.9 Å². The maximum Gasteiger partial charge on any atom is 0.260 e. The van der Waals surface area contributed by atoms with Crippen molar-refractivity contribution in [1.29, 1.82) is 0 Å². The average molecular weight is 310 g/mol. The maximum atomic E-state index is 10.6. The van der Waals surface area contributed by atoms with Crippen molar-refractivity contribution in [2.24, 2.45) is 0 Å². The van der Waals surface area contributed by atoms with Crippen LogP contribution >= 0.6 is 11.6 Å². The normalized spacial score (nSPS) is 22.2. The molecule has 7 heteroatoms. The highest BCUT2D eigenvalue weighted by Gasteiger charge is 2.37. The van der Waals surface area contributed by atoms with Crippen LogP contribution in [0.5, 0.6) is 5.75 Å². The van der Waals surface area contributed by atoms with E-state index in [0.717, 1.165) is 13.0 Å². The minimum atomic E-state index is -1.11. The molecule has 2 aromatic rings. The van der Waals surface area contributed by atoms with E-state index in [1.54, 1.807) is 25.3 Å². The van der Waals surface area contributed by atoms with Gasteiger partial charge in [-0.05, 0) is 37.6 Å². The number of rotatable bonds is 3. The van der Waals surface area contributed by atoms with Gasteiger partial charge in [0.15, 0.2) is 5.60 Å². The number of benzene rings is 1. The van der Waals surface area contributed by atoms with Gasteiger partial charge < -0.3 is 19.7 Å². The Kier molecular flexibility index (Phi) is 3.84. The first-order valence-electron chi connectivity index (χ1n) is 6.73. The number of nitrogens with zero attached hydrogens (tertiary/aromatic N) is 2. The van der Waals surface area contributed by atoms with Gasteiger partial charge in [-0.3, -0.25) is 0 Å². The molecule has 112 valence electrons. The summed E-state index contributed by atoms with van der Waals surface area (Å²) in [4.78, 5) is 4.32. The summed E-state index contributed by atoms with van der Waals surface area (Å²) in [7, 11) is 1.55. The van der Waals surface area contributed by atoms with Crippen LogP contribution in [0.25, 0.3) is 11.4 Å². The Hall–Kier alpha value is -1.63. The number of β-amino-alcohol motifs (C(OH)–C–C–N with tert-alkyl or cyclic N) is 1. The van der Waals surface area contributed by atoms with Gasteiger partial charge >= 0.3 is 0 Å². The summed E-state index contributed by atoms with van der Waals surface area (Å²) in [6, 6.07) is 5.18. The van der Waals surface area contributed by atoms with E-state index in [1.165, 1.54) is 0 Å². The smallest absolute Gasteiger partial charge is 0.260 e. The quantitative estimate of drug-likeness (QED) is 0.902. The molecule has 0 bridgehead atoms. The molecular weight excluding hydrogens is 294 g/mol. The standard InChI is InChI=1S/C14H16ClN3O3/c1-20-11-7-9(15)3-4-10(11)12-17-13(21-18-12)14(19)5-2-6-16-8-14/h3-4,7,16,19H,2,5-6,8H2,1H3. The van der Waals surface area contributed by atoms with Crippen molar-refractivity contribution in [3.63, 3.8) is 0 Å². The van der Waals surface area contributed by atoms with Crippen LogP contribution < -0.4 is 10.1 Å². The van der Waals surface area contributed by atoms with Crippen molar-refractivity contribution in [2.75, 3.05) is 20.2 Å². The lowest BCUT2D eigenvalue weighted by Gasteiger charge is -2.28. The Morgan fingerprint density at radius 2 is 2.33 bits per heavy atom. The van der Waals surface area contributed by atoms with Gasteiger partial charge in [0.05, 0.1) is 12.7 Å². The number of hydrogen-bond acceptors (Lipinski definition) is 6. The Labute approximate surface area is 127 Å². The molecule has 6 nitrogen and oxygen atoms in total. The lowest BCUT2D eigenvalue weighted by Crippen LogP contribution is -2.43. The van der Waals surface area contributed by atoms with Crippen molar-refractivity contribution in [3.05, 3.63) is 29.1 Å². The summed E-state index contributed by atoms with van der Waals surface area (Å²) in [6.45, 7) is 1.29. The molecule has 0 saturated carbocycles. The maximum absolute atomic E-state index is 10.6. The highest BCUT2D eigenvalue weighted by Crippen LogP contribution is 2.33. The molecule has 0 aliphatic carbocycles. The Morgan fingerprint density at radius 1 is 1.48 bits per heavy atom. The number of ether oxygens (including phenoxy) is 1. The molecule has 0 amide bonds. The van der Waals surface area contributed by atoms with E-state index in [0.29, 0.717) is 35.1 Å². The van der Waals surface area contributed by atoms with E-state index in [9.17, 15) is 5.11 Å². The Morgan fingerprint density at radius 3 is 3.05 bits per heavy atom. The molecule has 1 aliphatic heterocycles. The van der Waals surface area contributed by atoms with E-state index >= 15 is 0 Å². The molecule has 1 atom stereocenters. The Bertz CT molecular complexity index is 638. The summed E-state index contributed by atoms with van der Waals surface area (Å²) in [5, 5.41) is 18.2. The number of hydrogen-bond donors (Lipinski definition) is 2. The average Bonchev–Trinajstić information content (AvgIpc) is 2.98. The minimum absolute atomic E-state index is 0.224. The highest BCUT2D eigenvalue weighted by molar-refractivity contribution is 6.30. The summed E-state index contributed by atoms with van der Waals surface area (Å²) in [5.74, 6) is 1.16. The highest BCUT2D eigenvalue weighted by atomic mass is 35.5. The first kappa shape index (κ1) is 14.3. The topological polar surface area (TPSA) is 80.4 Å². The number of aliphatic hydroxyl groups is 1. The lowest BCUT2D eigenvalue weighted by atomic mass is 9.94. The minimum Gasteiger partial charge on any atom is -0.496 e. The fraction of sp³-hybridized carbons (Fsp3) is 0.429. The van der Waals surface area contributed by atoms with E-state index in [2.05, 4.69) is 15.5 Å². The fourth-order valence-electron chi connectivity index (χ4n) is 2.44. The van der Waals surface area contributed by atoms with Crippen molar-refractivity contribution < 1.29 is 14.4 Å². The third-order valence-corrected chi connectivity index (χ3v) is 3.83. The van der Waals surface area contributed by atoms with E-state index in [-0.39, 0.29) is 5.89 Å². The molecule has 1 aromatic heterocycles. The number of piperidine rings is 1. The van der Waals surface area contributed by atoms with Crippen LogP contribution in [0.1, 0.15) is 18.7 Å². The Balaban J connectivity index is 1.95. The van der Waals surface area contributed by atoms with Crippen molar-refractivity contribution in [1.82, 2.24) is 15.5 Å². The van der Waals surface area contributed by atoms with Crippen molar-refractivity contribution >= 4 is 11.6 Å². The summed E-state index contributed by atoms with van der Waals surface area (Å²) < 4.78 is 10.5. The van der Waals surface area contributed by atoms with E-state index < -0.39 is 5.60 Å². The molecule has 21 heavy (non-hydrogen) atoms. The predicted octanol–water partition coefficient (Wildman–Crippen LogP) is 1.97. The summed E-state index contributed by atoms with van der Waals surface area (Å²) in [5.41, 5.74) is -0.437. The van der Waals surface area contributed by atoms with Gasteiger partial charge in [0.25, 0.3) is 5.89 Å². The van der Waals surface area contributed by atoms with Crippen LogP contribution in [0.3, 0.4) is 0 Å². The SMILES string of the molecule is COc1cc(Cl)ccc1-c1noc(C2(O)CCCNC2)n1. The molecule has 1 unspecified atom stereocenters. The number of aromatic nitrogens is 2. The molecular formula is C14H16ClN3O3. The second-order valence-electron chi connectivity index (χ2n) is 5.08. The lowest BCUT2D eigenvalue weighted by molar-refractivity contribution is -0.0167. The molecule has 3 rings (SSSR count). The molecule has 0 spiro atoms. The second kappa shape index (κ2) is 5.63. The molecule has 1 aliphatic rings. The molecule has 0 radical (unpaired) electrons. The first-order valence-corrected chi connectivity index (χ1v) is 7.11. The number of halogens is 1. The van der Waals surface area contributed by atoms with Crippen LogP contribution in [0.2, 0.25) is 5.02 Å². The largest absolute Gasteiger partial charge is 0.496 e. The second-order valence-corrected chi connectivity index (χ2v) is 5.52. The van der Waals surface area contributed by atoms with Gasteiger partial charge in [-0.1, -0.05) is 16.8 Å². The van der Waals surface area contributed by atoms with Crippen LogP contribution in [0, 0.1) is 0 Å². The first-order chi connectivity index (χ1) is 10.1. The third-order valence-electron chi connectivity index (χ3n) is 3.59. The zero-order valence-corrected chi connectivity index (χ0v) is 12.4. The molecule has 1 aromatic carbocycles. The van der Waals surface area contributed by atoms with Crippen LogP contribution in [-0.2, 0) is 5.60 Å². The molecule has 2 N–H and O–H groups in total. The zero-order chi connectivity index (χ0) is 14.9. The van der Waals surface area contributed by atoms with Crippen molar-refractivity contribution in [2.45, 2.75) is 18.4 Å². The van der Waals surface area contributed by atoms with Gasteiger partial charge in [0.1, 0.15) is 5.75 Å². The number of nitrogens with one attached hydrogen (secondary N) is 1. The van der Waals surface area contributed by atoms with E-state index in [1.807, 2.05) is 0 Å². The van der Waals surface area contributed by atoms with Crippen LogP contribution in [0.15, 0.2) is 22.7 Å². The van der Waals surface area contributed by atoms with Crippen LogP contribution in [-0.4, -0.2) is 35.4 Å². The monoisotopic (exact) mass is 309 g/mol. The summed E-state index contributed by atoms with van der Waals surface area (Å²) >= 11 is 5.94. The van der Waals surface area contributed by atoms with Gasteiger partial charge in [-0.2, -0.15) is 4.98 Å².